The van der Waals surface area contributed by atoms with Gasteiger partial charge in [0.25, 0.3) is 0 Å². The van der Waals surface area contributed by atoms with E-state index in [1.807, 2.05) is 16.7 Å². The van der Waals surface area contributed by atoms with Crippen molar-refractivity contribution in [3.05, 3.63) is 53.6 Å². The molecular formula is C14H15N3O. The SMILES string of the molecule is CC(C)(c1ccc(C#N)cc1)n1cncc1CO. The van der Waals surface area contributed by atoms with E-state index in [9.17, 15) is 5.11 Å². The number of hydrogen-bond acceptors (Lipinski definition) is 3. The van der Waals surface area contributed by atoms with Crippen molar-refractivity contribution in [1.82, 2.24) is 9.55 Å². The van der Waals surface area contributed by atoms with Gasteiger partial charge in [0, 0.05) is 0 Å². The van der Waals surface area contributed by atoms with E-state index in [1.165, 1.54) is 0 Å². The highest BCUT2D eigenvalue weighted by Crippen LogP contribution is 2.27. The zero-order chi connectivity index (χ0) is 13.2. The van der Waals surface area contributed by atoms with Crippen molar-refractivity contribution in [2.45, 2.75) is 26.0 Å². The van der Waals surface area contributed by atoms with Crippen molar-refractivity contribution >= 4 is 0 Å². The van der Waals surface area contributed by atoms with Crippen LogP contribution >= 0.6 is 0 Å². The minimum Gasteiger partial charge on any atom is -0.390 e. The van der Waals surface area contributed by atoms with E-state index in [2.05, 4.69) is 24.9 Å². The Morgan fingerprint density at radius 1 is 1.33 bits per heavy atom. The summed E-state index contributed by atoms with van der Waals surface area (Å²) < 4.78 is 1.94. The van der Waals surface area contributed by atoms with Crippen LogP contribution < -0.4 is 0 Å². The van der Waals surface area contributed by atoms with E-state index >= 15 is 0 Å². The van der Waals surface area contributed by atoms with Gasteiger partial charge < -0.3 is 9.67 Å². The molecule has 0 atom stereocenters. The monoisotopic (exact) mass is 241 g/mol. The molecule has 4 heteroatoms. The Hall–Kier alpha value is -2.12. The molecule has 2 aromatic rings. The number of rotatable bonds is 3. The van der Waals surface area contributed by atoms with Crippen molar-refractivity contribution in [3.8, 4) is 6.07 Å². The summed E-state index contributed by atoms with van der Waals surface area (Å²) in [5.41, 5.74) is 2.16. The molecule has 0 radical (unpaired) electrons. The van der Waals surface area contributed by atoms with Gasteiger partial charge in [0.2, 0.25) is 0 Å². The van der Waals surface area contributed by atoms with Gasteiger partial charge >= 0.3 is 0 Å². The maximum atomic E-state index is 9.30. The lowest BCUT2D eigenvalue weighted by molar-refractivity contribution is 0.260. The quantitative estimate of drug-likeness (QED) is 0.894. The summed E-state index contributed by atoms with van der Waals surface area (Å²) in [6.07, 6.45) is 3.37. The van der Waals surface area contributed by atoms with Crippen molar-refractivity contribution in [1.29, 1.82) is 5.26 Å². The zero-order valence-electron chi connectivity index (χ0n) is 10.5. The third-order valence-corrected chi connectivity index (χ3v) is 3.20. The molecule has 92 valence electrons. The largest absolute Gasteiger partial charge is 0.390 e. The predicted molar refractivity (Wildman–Crippen MR) is 67.7 cm³/mol. The maximum absolute atomic E-state index is 9.30. The number of aliphatic hydroxyl groups is 1. The van der Waals surface area contributed by atoms with Gasteiger partial charge in [0.05, 0.1) is 42.0 Å². The molecule has 0 amide bonds. The highest BCUT2D eigenvalue weighted by atomic mass is 16.3. The number of imidazole rings is 1. The fourth-order valence-corrected chi connectivity index (χ4v) is 2.03. The van der Waals surface area contributed by atoms with Gasteiger partial charge in [-0.05, 0) is 31.5 Å². The van der Waals surface area contributed by atoms with Crippen LogP contribution in [0.25, 0.3) is 0 Å². The lowest BCUT2D eigenvalue weighted by Crippen LogP contribution is -2.28. The first kappa shape index (κ1) is 12.3. The molecule has 0 bridgehead atoms. The van der Waals surface area contributed by atoms with E-state index in [-0.39, 0.29) is 12.1 Å². The molecule has 0 aliphatic heterocycles. The molecule has 0 aliphatic rings. The average Bonchev–Trinajstić information content (AvgIpc) is 2.88. The second kappa shape index (κ2) is 4.63. The molecular weight excluding hydrogens is 226 g/mol. The second-order valence-electron chi connectivity index (χ2n) is 4.66. The third-order valence-electron chi connectivity index (χ3n) is 3.20. The number of aliphatic hydroxyl groups excluding tert-OH is 1. The van der Waals surface area contributed by atoms with Gasteiger partial charge in [0.1, 0.15) is 0 Å². The minimum absolute atomic E-state index is 0.0420. The second-order valence-corrected chi connectivity index (χ2v) is 4.66. The highest BCUT2D eigenvalue weighted by molar-refractivity contribution is 5.35. The van der Waals surface area contributed by atoms with Crippen LogP contribution in [0.5, 0.6) is 0 Å². The van der Waals surface area contributed by atoms with Gasteiger partial charge in [0.15, 0.2) is 0 Å². The van der Waals surface area contributed by atoms with E-state index in [0.29, 0.717) is 5.56 Å². The third kappa shape index (κ3) is 2.01. The smallest absolute Gasteiger partial charge is 0.0991 e. The molecule has 0 saturated heterocycles. The maximum Gasteiger partial charge on any atom is 0.0991 e. The molecule has 0 saturated carbocycles. The van der Waals surface area contributed by atoms with Gasteiger partial charge in [-0.25, -0.2) is 4.98 Å². The summed E-state index contributed by atoms with van der Waals surface area (Å²) >= 11 is 0. The standard InChI is InChI=1S/C14H15N3O/c1-14(2,17-10-16-8-13(17)9-18)12-5-3-11(7-15)4-6-12/h3-6,8,10,18H,9H2,1-2H3. The average molecular weight is 241 g/mol. The zero-order valence-corrected chi connectivity index (χ0v) is 10.5. The van der Waals surface area contributed by atoms with Crippen molar-refractivity contribution in [2.75, 3.05) is 0 Å². The Kier molecular flexibility index (Phi) is 3.17. The number of nitriles is 1. The molecule has 0 unspecified atom stereocenters. The Morgan fingerprint density at radius 3 is 2.56 bits per heavy atom. The number of aromatic nitrogens is 2. The summed E-state index contributed by atoms with van der Waals surface area (Å²) in [6.45, 7) is 4.06. The lowest BCUT2D eigenvalue weighted by Gasteiger charge is -2.29. The summed E-state index contributed by atoms with van der Waals surface area (Å²) in [4.78, 5) is 4.07. The lowest BCUT2D eigenvalue weighted by atomic mass is 9.93. The molecule has 0 aliphatic carbocycles. The van der Waals surface area contributed by atoms with Gasteiger partial charge in [-0.15, -0.1) is 0 Å². The Balaban J connectivity index is 2.44. The van der Waals surface area contributed by atoms with Crippen LogP contribution in [0.4, 0.5) is 0 Å². The highest BCUT2D eigenvalue weighted by Gasteiger charge is 2.24. The van der Waals surface area contributed by atoms with Crippen LogP contribution in [0.3, 0.4) is 0 Å². The van der Waals surface area contributed by atoms with E-state index < -0.39 is 0 Å². The van der Waals surface area contributed by atoms with Crippen LogP contribution in [0.1, 0.15) is 30.7 Å². The van der Waals surface area contributed by atoms with E-state index in [4.69, 9.17) is 5.26 Å². The van der Waals surface area contributed by atoms with Crippen LogP contribution in [0.2, 0.25) is 0 Å². The molecule has 4 nitrogen and oxygen atoms in total. The number of nitrogens with zero attached hydrogens (tertiary/aromatic N) is 3. The predicted octanol–water partition coefficient (Wildman–Crippen LogP) is 2.03. The molecule has 2 rings (SSSR count). The van der Waals surface area contributed by atoms with Crippen LogP contribution in [0.15, 0.2) is 36.8 Å². The molecule has 18 heavy (non-hydrogen) atoms. The molecule has 0 fully saturated rings. The molecule has 1 N–H and O–H groups in total. The van der Waals surface area contributed by atoms with Crippen LogP contribution in [0, 0.1) is 11.3 Å². The fourth-order valence-electron chi connectivity index (χ4n) is 2.03. The Labute approximate surface area is 106 Å². The summed E-state index contributed by atoms with van der Waals surface area (Å²) in [6, 6.07) is 9.56. The van der Waals surface area contributed by atoms with Crippen LogP contribution in [-0.2, 0) is 12.1 Å². The molecule has 1 heterocycles. The summed E-state index contributed by atoms with van der Waals surface area (Å²) in [5, 5.41) is 18.1. The normalized spacial score (nSPS) is 11.2. The molecule has 1 aromatic carbocycles. The van der Waals surface area contributed by atoms with Gasteiger partial charge in [-0.2, -0.15) is 5.26 Å². The number of hydrogen-bond donors (Lipinski definition) is 1. The van der Waals surface area contributed by atoms with Crippen molar-refractivity contribution in [2.24, 2.45) is 0 Å². The Morgan fingerprint density at radius 2 is 2.00 bits per heavy atom. The van der Waals surface area contributed by atoms with Gasteiger partial charge in [-0.1, -0.05) is 12.1 Å². The summed E-state index contributed by atoms with van der Waals surface area (Å²) in [7, 11) is 0. The first-order valence-electron chi connectivity index (χ1n) is 5.73. The summed E-state index contributed by atoms with van der Waals surface area (Å²) in [5.74, 6) is 0. The van der Waals surface area contributed by atoms with Gasteiger partial charge in [-0.3, -0.25) is 0 Å². The van der Waals surface area contributed by atoms with E-state index in [0.717, 1.165) is 11.3 Å². The van der Waals surface area contributed by atoms with E-state index in [1.54, 1.807) is 24.7 Å². The molecule has 0 spiro atoms. The number of benzene rings is 1. The first-order valence-corrected chi connectivity index (χ1v) is 5.73. The van der Waals surface area contributed by atoms with Crippen molar-refractivity contribution in [3.63, 3.8) is 0 Å². The fraction of sp³-hybridized carbons (Fsp3) is 0.286. The van der Waals surface area contributed by atoms with Crippen molar-refractivity contribution < 1.29 is 5.11 Å². The minimum atomic E-state index is -0.317. The van der Waals surface area contributed by atoms with Crippen LogP contribution in [-0.4, -0.2) is 14.7 Å². The molecule has 1 aromatic heterocycles. The Bertz CT molecular complexity index is 576. The topological polar surface area (TPSA) is 61.8 Å². The first-order chi connectivity index (χ1) is 8.59.